The molecule has 0 bridgehead atoms. The fourth-order valence-electron chi connectivity index (χ4n) is 2.65. The first-order valence-corrected chi connectivity index (χ1v) is 6.60. The maximum absolute atomic E-state index is 12.6. The van der Waals surface area contributed by atoms with Crippen molar-refractivity contribution in [3.8, 4) is 5.88 Å². The Morgan fingerprint density at radius 1 is 1.63 bits per heavy atom. The third kappa shape index (κ3) is 2.71. The van der Waals surface area contributed by atoms with Gasteiger partial charge in [-0.1, -0.05) is 6.92 Å². The Morgan fingerprint density at radius 2 is 2.42 bits per heavy atom. The topological polar surface area (TPSA) is 62.7 Å². The first-order chi connectivity index (χ1) is 9.19. The van der Waals surface area contributed by atoms with Gasteiger partial charge in [0.25, 0.3) is 5.91 Å². The van der Waals surface area contributed by atoms with Crippen LogP contribution in [0.4, 0.5) is 0 Å². The average molecular weight is 264 g/mol. The molecular weight excluding hydrogens is 244 g/mol. The number of rotatable bonds is 3. The van der Waals surface area contributed by atoms with Crippen LogP contribution in [0.3, 0.4) is 0 Å². The summed E-state index contributed by atoms with van der Waals surface area (Å²) in [5.41, 5.74) is 0.456. The summed E-state index contributed by atoms with van der Waals surface area (Å²) in [4.78, 5) is 18.4. The van der Waals surface area contributed by atoms with Gasteiger partial charge in [-0.3, -0.25) is 4.79 Å². The van der Waals surface area contributed by atoms with E-state index in [1.54, 1.807) is 23.2 Å². The van der Waals surface area contributed by atoms with E-state index >= 15 is 0 Å². The fourth-order valence-corrected chi connectivity index (χ4v) is 2.65. The molecule has 1 aromatic heterocycles. The molecule has 5 nitrogen and oxygen atoms in total. The predicted molar refractivity (Wildman–Crippen MR) is 71.1 cm³/mol. The van der Waals surface area contributed by atoms with Gasteiger partial charge in [-0.15, -0.1) is 0 Å². The van der Waals surface area contributed by atoms with Crippen LogP contribution >= 0.6 is 0 Å². The quantitative estimate of drug-likeness (QED) is 0.894. The van der Waals surface area contributed by atoms with Crippen LogP contribution in [-0.2, 0) is 0 Å². The number of hydrogen-bond donors (Lipinski definition) is 1. The van der Waals surface area contributed by atoms with Gasteiger partial charge in [-0.2, -0.15) is 0 Å². The zero-order valence-electron chi connectivity index (χ0n) is 11.4. The highest BCUT2D eigenvalue weighted by Crippen LogP contribution is 2.26. The number of aromatic nitrogens is 1. The van der Waals surface area contributed by atoms with Crippen molar-refractivity contribution in [2.24, 2.45) is 5.92 Å². The van der Waals surface area contributed by atoms with Gasteiger partial charge in [0.2, 0.25) is 5.88 Å². The third-order valence-electron chi connectivity index (χ3n) is 3.76. The number of hydrogen-bond acceptors (Lipinski definition) is 4. The summed E-state index contributed by atoms with van der Waals surface area (Å²) in [7, 11) is 1.50. The molecule has 1 aromatic rings. The van der Waals surface area contributed by atoms with E-state index in [1.165, 1.54) is 7.11 Å². The number of nitrogens with zero attached hydrogens (tertiary/aromatic N) is 2. The number of carbonyl (C=O) groups excluding carboxylic acids is 1. The molecule has 2 unspecified atom stereocenters. The Labute approximate surface area is 113 Å². The highest BCUT2D eigenvalue weighted by atomic mass is 16.5. The van der Waals surface area contributed by atoms with E-state index in [0.29, 0.717) is 23.9 Å². The van der Waals surface area contributed by atoms with Gasteiger partial charge in [0, 0.05) is 12.7 Å². The largest absolute Gasteiger partial charge is 0.480 e. The predicted octanol–water partition coefficient (Wildman–Crippen LogP) is 1.32. The minimum Gasteiger partial charge on any atom is -0.480 e. The van der Waals surface area contributed by atoms with Crippen molar-refractivity contribution in [2.45, 2.75) is 25.8 Å². The second-order valence-corrected chi connectivity index (χ2v) is 4.93. The maximum atomic E-state index is 12.6. The van der Waals surface area contributed by atoms with Crippen LogP contribution in [0, 0.1) is 5.92 Å². The highest BCUT2D eigenvalue weighted by Gasteiger charge is 2.32. The van der Waals surface area contributed by atoms with Gasteiger partial charge in [-0.25, -0.2) is 4.98 Å². The van der Waals surface area contributed by atoms with Crippen molar-refractivity contribution in [2.75, 3.05) is 20.3 Å². The lowest BCUT2D eigenvalue weighted by Gasteiger charge is -2.39. The maximum Gasteiger partial charge on any atom is 0.259 e. The molecule has 0 saturated carbocycles. The number of ether oxygens (including phenoxy) is 1. The van der Waals surface area contributed by atoms with Gasteiger partial charge < -0.3 is 14.7 Å². The van der Waals surface area contributed by atoms with E-state index in [1.807, 2.05) is 0 Å². The minimum atomic E-state index is -0.119. The van der Waals surface area contributed by atoms with E-state index < -0.39 is 0 Å². The molecule has 1 saturated heterocycles. The number of carbonyl (C=O) groups is 1. The van der Waals surface area contributed by atoms with Crippen LogP contribution in [0.1, 0.15) is 30.1 Å². The lowest BCUT2D eigenvalue weighted by molar-refractivity contribution is 0.0355. The van der Waals surface area contributed by atoms with Gasteiger partial charge in [0.1, 0.15) is 5.56 Å². The van der Waals surface area contributed by atoms with Crippen LogP contribution in [-0.4, -0.2) is 47.2 Å². The number of pyridine rings is 1. The molecule has 1 fully saturated rings. The zero-order chi connectivity index (χ0) is 13.8. The van der Waals surface area contributed by atoms with E-state index in [9.17, 15) is 9.90 Å². The smallest absolute Gasteiger partial charge is 0.259 e. The minimum absolute atomic E-state index is 0.00448. The number of aliphatic hydroxyl groups is 1. The van der Waals surface area contributed by atoms with E-state index in [2.05, 4.69) is 11.9 Å². The Morgan fingerprint density at radius 3 is 3.11 bits per heavy atom. The molecule has 1 N–H and O–H groups in total. The van der Waals surface area contributed by atoms with Gasteiger partial charge >= 0.3 is 0 Å². The first-order valence-electron chi connectivity index (χ1n) is 6.60. The molecule has 2 heterocycles. The monoisotopic (exact) mass is 264 g/mol. The number of amides is 1. The molecule has 1 amide bonds. The Hall–Kier alpha value is -1.62. The molecule has 19 heavy (non-hydrogen) atoms. The number of likely N-dealkylation sites (tertiary alicyclic amines) is 1. The van der Waals surface area contributed by atoms with Crippen LogP contribution in [0.2, 0.25) is 0 Å². The molecule has 5 heteroatoms. The van der Waals surface area contributed by atoms with Gasteiger partial charge in [-0.05, 0) is 30.9 Å². The zero-order valence-corrected chi connectivity index (χ0v) is 11.4. The van der Waals surface area contributed by atoms with Crippen molar-refractivity contribution in [1.29, 1.82) is 0 Å². The summed E-state index contributed by atoms with van der Waals surface area (Å²) in [6.45, 7) is 2.74. The Kier molecular flexibility index (Phi) is 4.37. The summed E-state index contributed by atoms with van der Waals surface area (Å²) in [6, 6.07) is 3.31. The van der Waals surface area contributed by atoms with E-state index in [-0.39, 0.29) is 18.6 Å². The summed E-state index contributed by atoms with van der Waals surface area (Å²) < 4.78 is 5.13. The normalized spacial score (nSPS) is 23.2. The molecular formula is C14H20N2O3. The summed E-state index contributed by atoms with van der Waals surface area (Å²) in [6.07, 6.45) is 3.60. The standard InChI is InChI=1S/C14H20N2O3/c1-10-5-4-8-16(12(10)9-17)14(18)11-6-3-7-15-13(11)19-2/h3,6-7,10,12,17H,4-5,8-9H2,1-2H3. The summed E-state index contributed by atoms with van der Waals surface area (Å²) in [5.74, 6) is 0.531. The second-order valence-electron chi connectivity index (χ2n) is 4.93. The lowest BCUT2D eigenvalue weighted by Crippen LogP contribution is -2.49. The van der Waals surface area contributed by atoms with Crippen molar-refractivity contribution in [3.05, 3.63) is 23.9 Å². The third-order valence-corrected chi connectivity index (χ3v) is 3.76. The Balaban J connectivity index is 2.27. The van der Waals surface area contributed by atoms with Crippen LogP contribution < -0.4 is 4.74 Å². The molecule has 1 aliphatic heterocycles. The molecule has 0 aliphatic carbocycles. The number of methoxy groups -OCH3 is 1. The van der Waals surface area contributed by atoms with Crippen molar-refractivity contribution in [3.63, 3.8) is 0 Å². The van der Waals surface area contributed by atoms with Crippen molar-refractivity contribution >= 4 is 5.91 Å². The molecule has 2 atom stereocenters. The van der Waals surface area contributed by atoms with E-state index in [4.69, 9.17) is 4.74 Å². The molecule has 0 spiro atoms. The SMILES string of the molecule is COc1ncccc1C(=O)N1CCCC(C)C1CO. The Bertz CT molecular complexity index is 450. The first kappa shape index (κ1) is 13.8. The van der Waals surface area contributed by atoms with Crippen LogP contribution in [0.15, 0.2) is 18.3 Å². The average Bonchev–Trinajstić information content (AvgIpc) is 2.46. The van der Waals surface area contributed by atoms with Crippen LogP contribution in [0.5, 0.6) is 5.88 Å². The van der Waals surface area contributed by atoms with Crippen molar-refractivity contribution in [1.82, 2.24) is 9.88 Å². The molecule has 0 radical (unpaired) electrons. The van der Waals surface area contributed by atoms with E-state index in [0.717, 1.165) is 12.8 Å². The lowest BCUT2D eigenvalue weighted by atomic mass is 9.91. The number of aliphatic hydroxyl groups excluding tert-OH is 1. The molecule has 104 valence electrons. The highest BCUT2D eigenvalue weighted by molar-refractivity contribution is 5.96. The fraction of sp³-hybridized carbons (Fsp3) is 0.571. The molecule has 2 rings (SSSR count). The molecule has 0 aromatic carbocycles. The summed E-state index contributed by atoms with van der Waals surface area (Å²) >= 11 is 0. The number of piperidine rings is 1. The van der Waals surface area contributed by atoms with Gasteiger partial charge in [0.05, 0.1) is 19.8 Å². The van der Waals surface area contributed by atoms with Crippen molar-refractivity contribution < 1.29 is 14.6 Å². The van der Waals surface area contributed by atoms with Gasteiger partial charge in [0.15, 0.2) is 0 Å². The summed E-state index contributed by atoms with van der Waals surface area (Å²) in [5, 5.41) is 9.51. The molecule has 1 aliphatic rings. The second kappa shape index (κ2) is 6.02. The van der Waals surface area contributed by atoms with Crippen LogP contribution in [0.25, 0.3) is 0 Å².